The standard InChI is InChI=1S/C17H16F3N5O6S3/c1-3-34-16(14(29)30)5-25-11(27)9(12(25)33-6-16)22-10(26)8(24-31-2)7-4-32-15(21-7)23-13(28)17(18,19)20/h3-4,9,12H,1,5-6H2,2H3,(H,22,26)(H,29,30)(H,21,23,28)/t9?,12-,16?/m1/s1. The molecule has 1 aromatic heterocycles. The van der Waals surface area contributed by atoms with E-state index in [0.29, 0.717) is 11.3 Å². The molecule has 0 spiro atoms. The van der Waals surface area contributed by atoms with Crippen LogP contribution in [0.25, 0.3) is 0 Å². The van der Waals surface area contributed by atoms with E-state index in [-0.39, 0.29) is 18.0 Å². The summed E-state index contributed by atoms with van der Waals surface area (Å²) in [5.41, 5.74) is -0.616. The smallest absolute Gasteiger partial charge is 0.471 e. The number of thioether (sulfide) groups is 2. The number of hydrogen-bond acceptors (Lipinski definition) is 10. The van der Waals surface area contributed by atoms with Gasteiger partial charge in [0.1, 0.15) is 29.0 Å². The SMILES string of the molecule is C=CSC1(C(=O)O)CS[C@@H]2C(NC(=O)C(=NOC)c3csc(NC(=O)C(F)(F)F)n3)C(=O)N2C1. The van der Waals surface area contributed by atoms with Gasteiger partial charge in [0.15, 0.2) is 10.8 Å². The zero-order chi connectivity index (χ0) is 25.3. The molecule has 1 aromatic rings. The molecule has 2 unspecified atom stereocenters. The van der Waals surface area contributed by atoms with Crippen LogP contribution in [0, 0.1) is 0 Å². The van der Waals surface area contributed by atoms with Crippen LogP contribution in [0.3, 0.4) is 0 Å². The number of β-lactam (4-membered cyclic amide) rings is 1. The Labute approximate surface area is 202 Å². The van der Waals surface area contributed by atoms with Gasteiger partial charge in [-0.15, -0.1) is 34.9 Å². The van der Waals surface area contributed by atoms with Gasteiger partial charge in [-0.3, -0.25) is 24.5 Å². The minimum atomic E-state index is -5.12. The molecule has 3 heterocycles. The van der Waals surface area contributed by atoms with Gasteiger partial charge in [0.2, 0.25) is 5.91 Å². The number of nitrogens with one attached hydrogen (secondary N) is 2. The predicted molar refractivity (Wildman–Crippen MR) is 118 cm³/mol. The zero-order valence-electron chi connectivity index (χ0n) is 17.1. The van der Waals surface area contributed by atoms with Crippen molar-refractivity contribution in [2.45, 2.75) is 22.3 Å². The number of carboxylic acids is 1. The van der Waals surface area contributed by atoms with E-state index in [1.54, 1.807) is 5.32 Å². The molecule has 3 atom stereocenters. The Balaban J connectivity index is 1.70. The van der Waals surface area contributed by atoms with Gasteiger partial charge in [0.25, 0.3) is 5.91 Å². The molecule has 3 N–H and O–H groups in total. The molecule has 34 heavy (non-hydrogen) atoms. The Morgan fingerprint density at radius 2 is 2.18 bits per heavy atom. The van der Waals surface area contributed by atoms with E-state index in [4.69, 9.17) is 0 Å². The minimum Gasteiger partial charge on any atom is -0.480 e. The molecule has 2 aliphatic rings. The second kappa shape index (κ2) is 9.83. The summed E-state index contributed by atoms with van der Waals surface area (Å²) in [6, 6.07) is -0.983. The lowest BCUT2D eigenvalue weighted by molar-refractivity contribution is -0.167. The third kappa shape index (κ3) is 5.00. The molecule has 17 heteroatoms. The van der Waals surface area contributed by atoms with Gasteiger partial charge in [0, 0.05) is 17.7 Å². The van der Waals surface area contributed by atoms with Crippen molar-refractivity contribution < 1.29 is 42.3 Å². The third-order valence-corrected chi connectivity index (χ3v) is 8.20. The molecule has 0 bridgehead atoms. The highest BCUT2D eigenvalue weighted by molar-refractivity contribution is 8.06. The molecule has 0 radical (unpaired) electrons. The number of hydrogen-bond donors (Lipinski definition) is 3. The van der Waals surface area contributed by atoms with E-state index >= 15 is 0 Å². The number of aliphatic carboxylic acids is 1. The van der Waals surface area contributed by atoms with Crippen molar-refractivity contribution in [3.8, 4) is 0 Å². The lowest BCUT2D eigenvalue weighted by Crippen LogP contribution is -2.74. The maximum Gasteiger partial charge on any atom is 0.471 e. The summed E-state index contributed by atoms with van der Waals surface area (Å²) >= 11 is 2.80. The summed E-state index contributed by atoms with van der Waals surface area (Å²) < 4.78 is 36.0. The van der Waals surface area contributed by atoms with E-state index in [1.165, 1.54) is 27.4 Å². The Bertz CT molecular complexity index is 1060. The number of oxime groups is 1. The first kappa shape index (κ1) is 25.8. The van der Waals surface area contributed by atoms with Crippen molar-refractivity contribution in [3.63, 3.8) is 0 Å². The number of carboxylic acid groups (broad SMARTS) is 1. The molecule has 3 amide bonds. The number of alkyl halides is 3. The maximum absolute atomic E-state index is 12.8. The quantitative estimate of drug-likeness (QED) is 0.251. The van der Waals surface area contributed by atoms with Gasteiger partial charge in [0.05, 0.1) is 0 Å². The lowest BCUT2D eigenvalue weighted by atomic mass is 10.0. The van der Waals surface area contributed by atoms with Crippen LogP contribution in [0.5, 0.6) is 0 Å². The van der Waals surface area contributed by atoms with Gasteiger partial charge in [-0.2, -0.15) is 13.2 Å². The van der Waals surface area contributed by atoms with Gasteiger partial charge >= 0.3 is 18.1 Å². The largest absolute Gasteiger partial charge is 0.480 e. The average Bonchev–Trinajstić information content (AvgIpc) is 3.23. The van der Waals surface area contributed by atoms with Crippen LogP contribution in [0.15, 0.2) is 22.5 Å². The van der Waals surface area contributed by atoms with Crippen molar-refractivity contribution in [1.29, 1.82) is 0 Å². The van der Waals surface area contributed by atoms with Crippen LogP contribution in [-0.2, 0) is 24.0 Å². The first-order chi connectivity index (χ1) is 15.9. The summed E-state index contributed by atoms with van der Waals surface area (Å²) in [6.07, 6.45) is -5.12. The Morgan fingerprint density at radius 3 is 2.76 bits per heavy atom. The van der Waals surface area contributed by atoms with Crippen LogP contribution in [0.4, 0.5) is 18.3 Å². The number of thiazole rings is 1. The van der Waals surface area contributed by atoms with E-state index in [2.05, 4.69) is 26.9 Å². The Kier molecular flexibility index (Phi) is 7.47. The zero-order valence-corrected chi connectivity index (χ0v) is 19.6. The highest BCUT2D eigenvalue weighted by atomic mass is 32.2. The van der Waals surface area contributed by atoms with Crippen LogP contribution in [0.1, 0.15) is 5.69 Å². The number of fused-ring (bicyclic) bond motifs is 1. The minimum absolute atomic E-state index is 0.0741. The van der Waals surface area contributed by atoms with Gasteiger partial charge in [-0.25, -0.2) is 4.98 Å². The third-order valence-electron chi connectivity index (χ3n) is 4.66. The highest BCUT2D eigenvalue weighted by Gasteiger charge is 2.57. The van der Waals surface area contributed by atoms with Crippen LogP contribution >= 0.6 is 34.9 Å². The number of aromatic nitrogens is 1. The molecule has 184 valence electrons. The number of rotatable bonds is 8. The fraction of sp³-hybridized carbons (Fsp3) is 0.412. The molecule has 3 rings (SSSR count). The van der Waals surface area contributed by atoms with Gasteiger partial charge < -0.3 is 20.2 Å². The van der Waals surface area contributed by atoms with E-state index in [1.807, 2.05) is 0 Å². The topological polar surface area (TPSA) is 150 Å². The van der Waals surface area contributed by atoms with Crippen molar-refractivity contribution >= 4 is 69.4 Å². The average molecular weight is 540 g/mol. The van der Waals surface area contributed by atoms with Crippen molar-refractivity contribution in [2.75, 3.05) is 24.7 Å². The Hall–Kier alpha value is -2.79. The predicted octanol–water partition coefficient (Wildman–Crippen LogP) is 1.09. The summed E-state index contributed by atoms with van der Waals surface area (Å²) in [6.45, 7) is 3.46. The lowest BCUT2D eigenvalue weighted by Gasteiger charge is -2.53. The maximum atomic E-state index is 12.8. The van der Waals surface area contributed by atoms with Crippen molar-refractivity contribution in [2.24, 2.45) is 5.16 Å². The second-order valence-corrected chi connectivity index (χ2v) is 10.1. The van der Waals surface area contributed by atoms with Crippen molar-refractivity contribution in [3.05, 3.63) is 23.1 Å². The normalized spacial score (nSPS) is 24.5. The fourth-order valence-electron chi connectivity index (χ4n) is 3.08. The van der Waals surface area contributed by atoms with Gasteiger partial charge in [-0.05, 0) is 5.41 Å². The molecule has 2 aliphatic heterocycles. The van der Waals surface area contributed by atoms with E-state index in [9.17, 15) is 37.5 Å². The molecule has 2 saturated heterocycles. The Morgan fingerprint density at radius 1 is 1.47 bits per heavy atom. The second-order valence-electron chi connectivity index (χ2n) is 6.82. The van der Waals surface area contributed by atoms with Crippen LogP contribution in [0.2, 0.25) is 0 Å². The monoisotopic (exact) mass is 539 g/mol. The highest BCUT2D eigenvalue weighted by Crippen LogP contribution is 2.44. The summed E-state index contributed by atoms with van der Waals surface area (Å²) in [5, 5.41) is 18.8. The first-order valence-electron chi connectivity index (χ1n) is 9.14. The molecule has 11 nitrogen and oxygen atoms in total. The van der Waals surface area contributed by atoms with Gasteiger partial charge in [-0.1, -0.05) is 11.7 Å². The van der Waals surface area contributed by atoms with E-state index < -0.39 is 56.9 Å². The van der Waals surface area contributed by atoms with Crippen LogP contribution in [-0.4, -0.2) is 86.1 Å². The number of carbonyl (C=O) groups excluding carboxylic acids is 3. The molecule has 0 saturated carbocycles. The summed E-state index contributed by atoms with van der Waals surface area (Å²) in [7, 11) is 1.13. The number of carbonyl (C=O) groups is 4. The fourth-order valence-corrected chi connectivity index (χ4v) is 6.27. The molecule has 0 aliphatic carbocycles. The number of halogens is 3. The molecule has 2 fully saturated rings. The molecular weight excluding hydrogens is 523 g/mol. The van der Waals surface area contributed by atoms with Crippen LogP contribution < -0.4 is 10.6 Å². The summed E-state index contributed by atoms with van der Waals surface area (Å²) in [4.78, 5) is 57.9. The first-order valence-corrected chi connectivity index (χ1v) is 11.9. The van der Waals surface area contributed by atoms with E-state index in [0.717, 1.165) is 18.9 Å². The van der Waals surface area contributed by atoms with Crippen molar-refractivity contribution in [1.82, 2.24) is 15.2 Å². The molecular formula is C17H16F3N5O6S3. The number of amides is 3. The molecule has 0 aromatic carbocycles. The summed E-state index contributed by atoms with van der Waals surface area (Å²) in [5.74, 6) is -4.56. The number of anilines is 1. The number of nitrogens with zero attached hydrogens (tertiary/aromatic N) is 3.